The van der Waals surface area contributed by atoms with Crippen molar-refractivity contribution in [2.24, 2.45) is 0 Å². The molecule has 0 unspecified atom stereocenters. The Hall–Kier alpha value is -1.36. The second-order valence-corrected chi connectivity index (χ2v) is 5.75. The van der Waals surface area contributed by atoms with Gasteiger partial charge in [0.2, 0.25) is 5.76 Å². The highest BCUT2D eigenvalue weighted by molar-refractivity contribution is 6.68. The molecule has 0 aliphatic rings. The fourth-order valence-electron chi connectivity index (χ4n) is 1.44. The molecule has 0 atom stereocenters. The van der Waals surface area contributed by atoms with Gasteiger partial charge in [-0.15, -0.1) is 0 Å². The van der Waals surface area contributed by atoms with Gasteiger partial charge in [0.05, 0.1) is 5.69 Å². The lowest BCUT2D eigenvalue weighted by molar-refractivity contribution is 0.0875. The number of rotatable bonds is 3. The van der Waals surface area contributed by atoms with Crippen LogP contribution in [0.1, 0.15) is 67.1 Å². The number of hydrogen-bond donors (Lipinski definition) is 1. The molecule has 6 heteroatoms. The molecule has 0 saturated carbocycles. The molecule has 18 heavy (non-hydrogen) atoms. The standard InChI is InChI=1S/C12H17ClN2O3/c1-6(2)8-7(10(13)16)9(18-15-8)11(17)14-12(3,4)5/h6H,1-5H3,(H,14,17). The number of nitrogens with one attached hydrogen (secondary N) is 1. The van der Waals surface area contributed by atoms with Crippen molar-refractivity contribution in [1.82, 2.24) is 10.5 Å². The van der Waals surface area contributed by atoms with Crippen LogP contribution in [0.3, 0.4) is 0 Å². The number of nitrogens with zero attached hydrogens (tertiary/aromatic N) is 1. The minimum atomic E-state index is -0.737. The van der Waals surface area contributed by atoms with Crippen LogP contribution in [0.15, 0.2) is 4.52 Å². The van der Waals surface area contributed by atoms with E-state index in [1.807, 2.05) is 34.6 Å². The minimum Gasteiger partial charge on any atom is -0.350 e. The van der Waals surface area contributed by atoms with Crippen molar-refractivity contribution < 1.29 is 14.1 Å². The largest absolute Gasteiger partial charge is 0.350 e. The molecule has 1 rings (SSSR count). The van der Waals surface area contributed by atoms with Gasteiger partial charge in [-0.1, -0.05) is 19.0 Å². The van der Waals surface area contributed by atoms with Crippen LogP contribution in [-0.4, -0.2) is 21.8 Å². The van der Waals surface area contributed by atoms with Crippen LogP contribution in [0, 0.1) is 0 Å². The first-order chi connectivity index (χ1) is 8.13. The average molecular weight is 273 g/mol. The van der Waals surface area contributed by atoms with E-state index in [4.69, 9.17) is 16.1 Å². The highest BCUT2D eigenvalue weighted by Gasteiger charge is 2.29. The number of halogens is 1. The first kappa shape index (κ1) is 14.7. The van der Waals surface area contributed by atoms with E-state index in [1.165, 1.54) is 0 Å². The molecule has 0 saturated heterocycles. The maximum atomic E-state index is 12.0. The van der Waals surface area contributed by atoms with Crippen molar-refractivity contribution in [3.8, 4) is 0 Å². The van der Waals surface area contributed by atoms with Crippen LogP contribution in [0.25, 0.3) is 0 Å². The SMILES string of the molecule is CC(C)c1noc(C(=O)NC(C)(C)C)c1C(=O)Cl. The van der Waals surface area contributed by atoms with Gasteiger partial charge in [-0.25, -0.2) is 0 Å². The number of carbonyl (C=O) groups is 2. The average Bonchev–Trinajstić information content (AvgIpc) is 2.58. The summed E-state index contributed by atoms with van der Waals surface area (Å²) < 4.78 is 4.96. The molecule has 0 radical (unpaired) electrons. The van der Waals surface area contributed by atoms with E-state index in [1.54, 1.807) is 0 Å². The maximum Gasteiger partial charge on any atom is 0.291 e. The van der Waals surface area contributed by atoms with Crippen molar-refractivity contribution >= 4 is 22.8 Å². The summed E-state index contributed by atoms with van der Waals surface area (Å²) in [4.78, 5) is 23.4. The summed E-state index contributed by atoms with van der Waals surface area (Å²) in [5.74, 6) is -0.679. The molecular weight excluding hydrogens is 256 g/mol. The van der Waals surface area contributed by atoms with Crippen molar-refractivity contribution in [3.63, 3.8) is 0 Å². The van der Waals surface area contributed by atoms with E-state index in [0.717, 1.165) is 0 Å². The first-order valence-corrected chi connectivity index (χ1v) is 6.03. The monoisotopic (exact) mass is 272 g/mol. The molecule has 0 fully saturated rings. The Balaban J connectivity index is 3.18. The summed E-state index contributed by atoms with van der Waals surface area (Å²) in [6.07, 6.45) is 0. The summed E-state index contributed by atoms with van der Waals surface area (Å²) in [7, 11) is 0. The van der Waals surface area contributed by atoms with E-state index in [9.17, 15) is 9.59 Å². The second-order valence-electron chi connectivity index (χ2n) is 5.40. The lowest BCUT2D eigenvalue weighted by atomic mass is 10.0. The molecule has 0 aromatic carbocycles. The van der Waals surface area contributed by atoms with Crippen LogP contribution in [0.4, 0.5) is 0 Å². The van der Waals surface area contributed by atoms with Gasteiger partial charge in [0, 0.05) is 5.54 Å². The minimum absolute atomic E-state index is 0.0495. The third-order valence-corrected chi connectivity index (χ3v) is 2.35. The summed E-state index contributed by atoms with van der Waals surface area (Å²) in [5.41, 5.74) is 0.0107. The van der Waals surface area contributed by atoms with E-state index >= 15 is 0 Å². The predicted molar refractivity (Wildman–Crippen MR) is 68.0 cm³/mol. The summed E-state index contributed by atoms with van der Waals surface area (Å²) in [6.45, 7) is 9.16. The molecule has 0 aliphatic carbocycles. The van der Waals surface area contributed by atoms with E-state index < -0.39 is 16.7 Å². The predicted octanol–water partition coefficient (Wildman–Crippen LogP) is 2.71. The van der Waals surface area contributed by atoms with Gasteiger partial charge >= 0.3 is 0 Å². The Morgan fingerprint density at radius 1 is 1.33 bits per heavy atom. The van der Waals surface area contributed by atoms with Crippen LogP contribution < -0.4 is 5.32 Å². The Bertz CT molecular complexity index is 472. The summed E-state index contributed by atoms with van der Waals surface area (Å²) >= 11 is 5.50. The molecule has 1 amide bonds. The maximum absolute atomic E-state index is 12.0. The zero-order valence-electron chi connectivity index (χ0n) is 11.1. The quantitative estimate of drug-likeness (QED) is 0.859. The molecule has 0 bridgehead atoms. The van der Waals surface area contributed by atoms with Crippen molar-refractivity contribution in [1.29, 1.82) is 0 Å². The lowest BCUT2D eigenvalue weighted by Crippen LogP contribution is -2.40. The van der Waals surface area contributed by atoms with Crippen LogP contribution in [0.5, 0.6) is 0 Å². The van der Waals surface area contributed by atoms with Crippen molar-refractivity contribution in [2.45, 2.75) is 46.1 Å². The fourth-order valence-corrected chi connectivity index (χ4v) is 1.62. The van der Waals surface area contributed by atoms with E-state index in [2.05, 4.69) is 10.5 Å². The molecule has 1 N–H and O–H groups in total. The van der Waals surface area contributed by atoms with Gasteiger partial charge in [-0.3, -0.25) is 9.59 Å². The molecule has 5 nitrogen and oxygen atoms in total. The Morgan fingerprint density at radius 2 is 1.89 bits per heavy atom. The van der Waals surface area contributed by atoms with Gasteiger partial charge in [0.15, 0.2) is 0 Å². The van der Waals surface area contributed by atoms with E-state index in [-0.39, 0.29) is 17.2 Å². The third kappa shape index (κ3) is 3.32. The molecule has 0 spiro atoms. The van der Waals surface area contributed by atoms with Gasteiger partial charge < -0.3 is 9.84 Å². The highest BCUT2D eigenvalue weighted by atomic mass is 35.5. The molecule has 1 aromatic rings. The Labute approximate surface area is 111 Å². The third-order valence-electron chi connectivity index (χ3n) is 2.16. The number of aromatic nitrogens is 1. The van der Waals surface area contributed by atoms with Gasteiger partial charge in [0.1, 0.15) is 5.56 Å². The van der Waals surface area contributed by atoms with Gasteiger partial charge in [-0.05, 0) is 38.3 Å². The van der Waals surface area contributed by atoms with Crippen molar-refractivity contribution in [3.05, 3.63) is 17.0 Å². The zero-order chi connectivity index (χ0) is 14.1. The number of amides is 1. The zero-order valence-corrected chi connectivity index (χ0v) is 11.9. The number of hydrogen-bond acceptors (Lipinski definition) is 4. The van der Waals surface area contributed by atoms with Gasteiger partial charge in [0.25, 0.3) is 11.1 Å². The molecule has 100 valence electrons. The molecular formula is C12H17ClN2O3. The highest BCUT2D eigenvalue weighted by Crippen LogP contribution is 2.24. The summed E-state index contributed by atoms with van der Waals surface area (Å²) in [5, 5.41) is 5.71. The Kier molecular flexibility index (Phi) is 4.16. The molecule has 1 aromatic heterocycles. The molecule has 1 heterocycles. The van der Waals surface area contributed by atoms with Crippen LogP contribution in [-0.2, 0) is 0 Å². The van der Waals surface area contributed by atoms with Gasteiger partial charge in [-0.2, -0.15) is 0 Å². The van der Waals surface area contributed by atoms with E-state index in [0.29, 0.717) is 5.69 Å². The smallest absolute Gasteiger partial charge is 0.291 e. The Morgan fingerprint density at radius 3 is 2.28 bits per heavy atom. The number of carbonyl (C=O) groups excluding carboxylic acids is 2. The fraction of sp³-hybridized carbons (Fsp3) is 0.583. The summed E-state index contributed by atoms with van der Waals surface area (Å²) in [6, 6.07) is 0. The topological polar surface area (TPSA) is 72.2 Å². The van der Waals surface area contributed by atoms with Crippen LogP contribution >= 0.6 is 11.6 Å². The first-order valence-electron chi connectivity index (χ1n) is 5.65. The second kappa shape index (κ2) is 5.10. The van der Waals surface area contributed by atoms with Crippen molar-refractivity contribution in [2.75, 3.05) is 0 Å². The van der Waals surface area contributed by atoms with Crippen LogP contribution in [0.2, 0.25) is 0 Å². The normalized spacial score (nSPS) is 11.7. The molecule has 0 aliphatic heterocycles. The lowest BCUT2D eigenvalue weighted by Gasteiger charge is -2.19.